The summed E-state index contributed by atoms with van der Waals surface area (Å²) >= 11 is 0. The van der Waals surface area contributed by atoms with E-state index in [2.05, 4.69) is 0 Å². The summed E-state index contributed by atoms with van der Waals surface area (Å²) in [5.41, 5.74) is -0.791. The predicted molar refractivity (Wildman–Crippen MR) is 127 cm³/mol. The van der Waals surface area contributed by atoms with E-state index in [9.17, 15) is 27.9 Å². The highest BCUT2D eigenvalue weighted by molar-refractivity contribution is 6.51. The fourth-order valence-corrected chi connectivity index (χ4v) is 4.15. The van der Waals surface area contributed by atoms with Crippen LogP contribution in [0.2, 0.25) is 0 Å². The molecule has 4 rings (SSSR count). The zero-order valence-electron chi connectivity index (χ0n) is 20.0. The summed E-state index contributed by atoms with van der Waals surface area (Å²) in [5.74, 6) is -2.33. The molecule has 1 unspecified atom stereocenters. The van der Waals surface area contributed by atoms with Crippen molar-refractivity contribution in [3.8, 4) is 5.75 Å². The quantitative estimate of drug-likeness (QED) is 0.262. The van der Waals surface area contributed by atoms with Gasteiger partial charge in [-0.2, -0.15) is 13.2 Å². The van der Waals surface area contributed by atoms with Gasteiger partial charge in [0, 0.05) is 5.69 Å². The molecule has 1 fully saturated rings. The second kappa shape index (κ2) is 8.89. The summed E-state index contributed by atoms with van der Waals surface area (Å²) in [6.07, 6.45) is -3.35. The van der Waals surface area contributed by atoms with E-state index in [0.717, 1.165) is 28.7 Å². The average molecular weight is 499 g/mol. The number of aliphatic hydroxyl groups excluding tert-OH is 1. The number of amides is 1. The number of hydrogen-bond donors (Lipinski definition) is 1. The van der Waals surface area contributed by atoms with E-state index in [0.29, 0.717) is 0 Å². The standard InChI is InChI=1S/C27H24F3NO5/c1-26(2,3)15-10-11-19(35-4)18(14-15)23(32)21-22(20-9-6-12-36-20)31(25(34)24(21)33)17-8-5-7-16(13-17)27(28,29)30/h5-14,22,32H,1-4H3/b23-21+. The molecule has 0 bridgehead atoms. The zero-order valence-corrected chi connectivity index (χ0v) is 20.0. The maximum absolute atomic E-state index is 13.4. The van der Waals surface area contributed by atoms with Crippen molar-refractivity contribution in [2.75, 3.05) is 12.0 Å². The first kappa shape index (κ1) is 25.1. The van der Waals surface area contributed by atoms with Crippen molar-refractivity contribution in [2.24, 2.45) is 0 Å². The highest BCUT2D eigenvalue weighted by Gasteiger charge is 2.49. The second-order valence-electron chi connectivity index (χ2n) is 9.40. The van der Waals surface area contributed by atoms with Crippen molar-refractivity contribution in [2.45, 2.75) is 38.4 Å². The summed E-state index contributed by atoms with van der Waals surface area (Å²) < 4.78 is 51.0. The molecule has 6 nitrogen and oxygen atoms in total. The van der Waals surface area contributed by atoms with Gasteiger partial charge in [-0.1, -0.05) is 32.9 Å². The molecule has 2 heterocycles. The van der Waals surface area contributed by atoms with Crippen LogP contribution in [0.4, 0.5) is 18.9 Å². The SMILES string of the molecule is COc1ccc(C(C)(C)C)cc1/C(O)=C1\C(=O)C(=O)N(c2cccc(C(F)(F)F)c2)C1c1ccco1. The largest absolute Gasteiger partial charge is 0.507 e. The van der Waals surface area contributed by atoms with Gasteiger partial charge in [0.2, 0.25) is 0 Å². The van der Waals surface area contributed by atoms with Gasteiger partial charge in [-0.05, 0) is 53.4 Å². The number of benzene rings is 2. The van der Waals surface area contributed by atoms with Crippen LogP contribution >= 0.6 is 0 Å². The lowest BCUT2D eigenvalue weighted by Gasteiger charge is -2.25. The van der Waals surface area contributed by atoms with Crippen molar-refractivity contribution < 1.29 is 37.0 Å². The van der Waals surface area contributed by atoms with Crippen LogP contribution in [0.15, 0.2) is 70.9 Å². The predicted octanol–water partition coefficient (Wildman–Crippen LogP) is 6.23. The van der Waals surface area contributed by atoms with Crippen LogP contribution in [0.3, 0.4) is 0 Å². The molecular weight excluding hydrogens is 475 g/mol. The molecule has 1 saturated heterocycles. The summed E-state index contributed by atoms with van der Waals surface area (Å²) in [7, 11) is 1.40. The van der Waals surface area contributed by atoms with Gasteiger partial charge in [-0.25, -0.2) is 0 Å². The van der Waals surface area contributed by atoms with E-state index in [1.807, 2.05) is 26.8 Å². The molecule has 1 aliphatic heterocycles. The lowest BCUT2D eigenvalue weighted by Crippen LogP contribution is -2.29. The third-order valence-corrected chi connectivity index (χ3v) is 6.03. The van der Waals surface area contributed by atoms with Crippen molar-refractivity contribution in [3.63, 3.8) is 0 Å². The highest BCUT2D eigenvalue weighted by Crippen LogP contribution is 2.45. The summed E-state index contributed by atoms with van der Waals surface area (Å²) in [6, 6.07) is 10.9. The van der Waals surface area contributed by atoms with Crippen LogP contribution in [0.5, 0.6) is 5.75 Å². The van der Waals surface area contributed by atoms with Crippen LogP contribution in [0.1, 0.15) is 49.3 Å². The Bertz CT molecular complexity index is 1350. The highest BCUT2D eigenvalue weighted by atomic mass is 19.4. The molecule has 2 aromatic carbocycles. The first-order chi connectivity index (χ1) is 16.8. The number of aliphatic hydroxyl groups is 1. The first-order valence-corrected chi connectivity index (χ1v) is 11.0. The van der Waals surface area contributed by atoms with Crippen molar-refractivity contribution in [3.05, 3.63) is 88.9 Å². The van der Waals surface area contributed by atoms with Crippen molar-refractivity contribution >= 4 is 23.1 Å². The molecule has 188 valence electrons. The normalized spacial score (nSPS) is 18.1. The van der Waals surface area contributed by atoms with Gasteiger partial charge < -0.3 is 14.3 Å². The minimum atomic E-state index is -4.66. The molecule has 1 N–H and O–H groups in total. The van der Waals surface area contributed by atoms with E-state index in [1.165, 1.54) is 31.6 Å². The van der Waals surface area contributed by atoms with Crippen molar-refractivity contribution in [1.82, 2.24) is 0 Å². The molecule has 9 heteroatoms. The molecule has 1 amide bonds. The number of nitrogens with zero attached hydrogens (tertiary/aromatic N) is 1. The van der Waals surface area contributed by atoms with Crippen LogP contribution in [-0.2, 0) is 21.2 Å². The molecular formula is C27H24F3NO5. The molecule has 0 saturated carbocycles. The van der Waals surface area contributed by atoms with Crippen molar-refractivity contribution in [1.29, 1.82) is 0 Å². The van der Waals surface area contributed by atoms with Gasteiger partial charge in [0.15, 0.2) is 0 Å². The van der Waals surface area contributed by atoms with Gasteiger partial charge in [0.25, 0.3) is 11.7 Å². The molecule has 1 aromatic heterocycles. The fourth-order valence-electron chi connectivity index (χ4n) is 4.15. The molecule has 0 spiro atoms. The number of furan rings is 1. The first-order valence-electron chi connectivity index (χ1n) is 11.0. The second-order valence-corrected chi connectivity index (χ2v) is 9.40. The van der Waals surface area contributed by atoms with Crippen LogP contribution < -0.4 is 9.64 Å². The smallest absolute Gasteiger partial charge is 0.416 e. The molecule has 3 aromatic rings. The van der Waals surface area contributed by atoms with Gasteiger partial charge >= 0.3 is 6.18 Å². The number of ketones is 1. The van der Waals surface area contributed by atoms with Crippen LogP contribution in [-0.4, -0.2) is 23.9 Å². The minimum absolute atomic E-state index is 0.0964. The third kappa shape index (κ3) is 4.36. The molecule has 0 aliphatic carbocycles. The molecule has 1 aliphatic rings. The number of hydrogen-bond acceptors (Lipinski definition) is 5. The Labute approximate surface area is 205 Å². The molecule has 1 atom stereocenters. The lowest BCUT2D eigenvalue weighted by molar-refractivity contribution is -0.137. The number of anilines is 1. The topological polar surface area (TPSA) is 80.0 Å². The summed E-state index contributed by atoms with van der Waals surface area (Å²) in [5, 5.41) is 11.4. The Balaban J connectivity index is 1.96. The maximum Gasteiger partial charge on any atom is 0.416 e. The Morgan fingerprint density at radius 3 is 2.31 bits per heavy atom. The van der Waals surface area contributed by atoms with Crippen LogP contribution in [0.25, 0.3) is 5.76 Å². The number of methoxy groups -OCH3 is 1. The molecule has 0 radical (unpaired) electrons. The van der Waals surface area contributed by atoms with E-state index in [4.69, 9.17) is 9.15 Å². The van der Waals surface area contributed by atoms with E-state index in [1.54, 1.807) is 12.1 Å². The maximum atomic E-state index is 13.4. The lowest BCUT2D eigenvalue weighted by atomic mass is 9.85. The number of alkyl halides is 3. The van der Waals surface area contributed by atoms with Gasteiger partial charge in [-0.15, -0.1) is 0 Å². The zero-order chi connectivity index (χ0) is 26.4. The Hall–Kier alpha value is -4.01. The average Bonchev–Trinajstić information content (AvgIpc) is 3.44. The number of carbonyl (C=O) groups is 2. The summed E-state index contributed by atoms with van der Waals surface area (Å²) in [6.45, 7) is 5.90. The van der Waals surface area contributed by atoms with Gasteiger partial charge in [0.05, 0.1) is 30.1 Å². The number of rotatable bonds is 4. The summed E-state index contributed by atoms with van der Waals surface area (Å²) in [4.78, 5) is 27.3. The number of Topliss-reactive ketones (excluding diaryl/α,β-unsaturated/α-hetero) is 1. The Morgan fingerprint density at radius 2 is 1.72 bits per heavy atom. The molecule has 36 heavy (non-hydrogen) atoms. The van der Waals surface area contributed by atoms with E-state index in [-0.39, 0.29) is 33.7 Å². The number of ether oxygens (including phenoxy) is 1. The van der Waals surface area contributed by atoms with E-state index < -0.39 is 35.2 Å². The van der Waals surface area contributed by atoms with E-state index >= 15 is 0 Å². The third-order valence-electron chi connectivity index (χ3n) is 6.03. The Kier molecular flexibility index (Phi) is 6.20. The number of halogens is 3. The van der Waals surface area contributed by atoms with Crippen LogP contribution in [0, 0.1) is 0 Å². The minimum Gasteiger partial charge on any atom is -0.507 e. The number of carbonyl (C=O) groups excluding carboxylic acids is 2. The van der Waals surface area contributed by atoms with Gasteiger partial charge in [0.1, 0.15) is 23.3 Å². The fraction of sp³-hybridized carbons (Fsp3) is 0.259. The monoisotopic (exact) mass is 499 g/mol. The Morgan fingerprint density at radius 1 is 1.00 bits per heavy atom. The van der Waals surface area contributed by atoms with Gasteiger partial charge in [-0.3, -0.25) is 14.5 Å².